The average molecular weight is 448 g/mol. The summed E-state index contributed by atoms with van der Waals surface area (Å²) >= 11 is 0. The van der Waals surface area contributed by atoms with E-state index < -0.39 is 10.0 Å². The molecule has 2 rings (SSSR count). The molecule has 0 heterocycles. The van der Waals surface area contributed by atoms with Gasteiger partial charge in [-0.25, -0.2) is 8.42 Å². The van der Waals surface area contributed by atoms with E-state index in [1.165, 1.54) is 0 Å². The van der Waals surface area contributed by atoms with Gasteiger partial charge in [0.05, 0.1) is 24.3 Å². The van der Waals surface area contributed by atoms with Gasteiger partial charge in [0.1, 0.15) is 5.75 Å². The summed E-state index contributed by atoms with van der Waals surface area (Å²) in [5.41, 5.74) is 3.17. The van der Waals surface area contributed by atoms with Crippen LogP contribution in [0.25, 0.3) is 0 Å². The van der Waals surface area contributed by atoms with Crippen LogP contribution in [0.2, 0.25) is 0 Å². The first-order chi connectivity index (χ1) is 14.8. The largest absolute Gasteiger partial charge is 0.497 e. The molecule has 0 aliphatic carbocycles. The van der Waals surface area contributed by atoms with Crippen molar-refractivity contribution in [1.82, 2.24) is 0 Å². The lowest BCUT2D eigenvalue weighted by atomic mass is 10.1. The van der Waals surface area contributed by atoms with Gasteiger partial charge in [0.25, 0.3) is 10.0 Å². The van der Waals surface area contributed by atoms with E-state index in [0.717, 1.165) is 48.8 Å². The van der Waals surface area contributed by atoms with Crippen LogP contribution in [-0.4, -0.2) is 28.1 Å². The van der Waals surface area contributed by atoms with Crippen molar-refractivity contribution in [2.75, 3.05) is 18.4 Å². The van der Waals surface area contributed by atoms with Crippen LogP contribution in [0, 0.1) is 13.8 Å². The number of benzene rings is 2. The van der Waals surface area contributed by atoms with Crippen LogP contribution in [0.15, 0.2) is 41.3 Å². The summed E-state index contributed by atoms with van der Waals surface area (Å²) in [4.78, 5) is 11.6. The lowest BCUT2D eigenvalue weighted by Crippen LogP contribution is -2.15. The molecule has 0 amide bonds. The van der Waals surface area contributed by atoms with Crippen molar-refractivity contribution < 1.29 is 22.7 Å². The fourth-order valence-corrected chi connectivity index (χ4v) is 4.72. The maximum atomic E-state index is 13.0. The maximum absolute atomic E-state index is 13.0. The SMILES string of the molecule is CCOC(=O)CCCCCCc1cccc(S(=O)(=O)Nc2c(C)cc(OC)cc2C)c1. The lowest BCUT2D eigenvalue weighted by Gasteiger charge is -2.15. The van der Waals surface area contributed by atoms with Gasteiger partial charge in [-0.05, 0) is 81.0 Å². The first-order valence-electron chi connectivity index (χ1n) is 10.7. The first kappa shape index (κ1) is 24.7. The van der Waals surface area contributed by atoms with Crippen molar-refractivity contribution >= 4 is 21.7 Å². The number of unbranched alkanes of at least 4 members (excludes halogenated alkanes) is 3. The Morgan fingerprint density at radius 3 is 2.32 bits per heavy atom. The number of hydrogen-bond acceptors (Lipinski definition) is 5. The van der Waals surface area contributed by atoms with Gasteiger partial charge in [-0.3, -0.25) is 9.52 Å². The average Bonchev–Trinajstić information content (AvgIpc) is 2.73. The zero-order valence-corrected chi connectivity index (χ0v) is 19.7. The zero-order chi connectivity index (χ0) is 22.9. The summed E-state index contributed by atoms with van der Waals surface area (Å²) in [5, 5.41) is 0. The molecule has 0 aliphatic heterocycles. The standard InChI is InChI=1S/C24H33NO5S/c1-5-30-23(26)14-9-7-6-8-11-20-12-10-13-22(17-20)31(27,28)25-24-18(2)15-21(29-4)16-19(24)3/h10,12-13,15-17,25H,5-9,11,14H2,1-4H3. The van der Waals surface area contributed by atoms with Crippen LogP contribution >= 0.6 is 0 Å². The molecular formula is C24H33NO5S. The molecule has 6 nitrogen and oxygen atoms in total. The van der Waals surface area contributed by atoms with Crippen molar-refractivity contribution in [3.05, 3.63) is 53.1 Å². The molecule has 0 saturated heterocycles. The molecule has 2 aromatic carbocycles. The van der Waals surface area contributed by atoms with E-state index in [-0.39, 0.29) is 10.9 Å². The molecule has 170 valence electrons. The van der Waals surface area contributed by atoms with E-state index in [1.807, 2.05) is 32.0 Å². The van der Waals surface area contributed by atoms with Gasteiger partial charge in [0, 0.05) is 6.42 Å². The highest BCUT2D eigenvalue weighted by molar-refractivity contribution is 7.92. The maximum Gasteiger partial charge on any atom is 0.305 e. The molecule has 0 spiro atoms. The summed E-state index contributed by atoms with van der Waals surface area (Å²) in [5.74, 6) is 0.553. The number of carbonyl (C=O) groups is 1. The number of rotatable bonds is 12. The van der Waals surface area contributed by atoms with E-state index in [9.17, 15) is 13.2 Å². The molecule has 0 aromatic heterocycles. The zero-order valence-electron chi connectivity index (χ0n) is 18.9. The highest BCUT2D eigenvalue weighted by atomic mass is 32.2. The van der Waals surface area contributed by atoms with Gasteiger partial charge in [-0.2, -0.15) is 0 Å². The Balaban J connectivity index is 1.95. The number of sulfonamides is 1. The monoisotopic (exact) mass is 447 g/mol. The van der Waals surface area contributed by atoms with Crippen LogP contribution in [0.4, 0.5) is 5.69 Å². The Labute approximate surface area is 186 Å². The summed E-state index contributed by atoms with van der Waals surface area (Å²) in [7, 11) is -2.11. The Morgan fingerprint density at radius 1 is 1.00 bits per heavy atom. The van der Waals surface area contributed by atoms with Gasteiger partial charge in [0.2, 0.25) is 0 Å². The molecule has 0 bridgehead atoms. The predicted molar refractivity (Wildman–Crippen MR) is 123 cm³/mol. The summed E-state index contributed by atoms with van der Waals surface area (Å²) < 4.78 is 38.8. The van der Waals surface area contributed by atoms with Crippen LogP contribution in [0.5, 0.6) is 5.75 Å². The van der Waals surface area contributed by atoms with Crippen LogP contribution in [0.3, 0.4) is 0 Å². The quantitative estimate of drug-likeness (QED) is 0.359. The molecular weight excluding hydrogens is 414 g/mol. The van der Waals surface area contributed by atoms with E-state index in [2.05, 4.69) is 4.72 Å². The fourth-order valence-electron chi connectivity index (χ4n) is 3.45. The fraction of sp³-hybridized carbons (Fsp3) is 0.458. The van der Waals surface area contributed by atoms with Crippen molar-refractivity contribution in [3.8, 4) is 5.75 Å². The topological polar surface area (TPSA) is 81.7 Å². The molecule has 7 heteroatoms. The van der Waals surface area contributed by atoms with E-state index in [4.69, 9.17) is 9.47 Å². The van der Waals surface area contributed by atoms with Crippen molar-refractivity contribution in [2.45, 2.75) is 64.2 Å². The number of ether oxygens (including phenoxy) is 2. The Morgan fingerprint density at radius 2 is 1.68 bits per heavy atom. The second-order valence-electron chi connectivity index (χ2n) is 7.61. The number of aryl methyl sites for hydroxylation is 3. The minimum absolute atomic E-state index is 0.143. The van der Waals surface area contributed by atoms with Gasteiger partial charge in [0.15, 0.2) is 0 Å². The molecule has 0 unspecified atom stereocenters. The van der Waals surface area contributed by atoms with Crippen molar-refractivity contribution in [2.24, 2.45) is 0 Å². The molecule has 0 atom stereocenters. The Kier molecular flexibility index (Phi) is 9.37. The highest BCUT2D eigenvalue weighted by Gasteiger charge is 2.17. The van der Waals surface area contributed by atoms with Crippen LogP contribution in [-0.2, 0) is 26.0 Å². The first-order valence-corrected chi connectivity index (χ1v) is 12.2. The number of hydrogen-bond donors (Lipinski definition) is 1. The molecule has 0 radical (unpaired) electrons. The van der Waals surface area contributed by atoms with Crippen molar-refractivity contribution in [3.63, 3.8) is 0 Å². The van der Waals surface area contributed by atoms with Crippen LogP contribution < -0.4 is 9.46 Å². The highest BCUT2D eigenvalue weighted by Crippen LogP contribution is 2.28. The third-order valence-electron chi connectivity index (χ3n) is 5.09. The van der Waals surface area contributed by atoms with Gasteiger partial charge in [-0.15, -0.1) is 0 Å². The Hall–Kier alpha value is -2.54. The number of methoxy groups -OCH3 is 1. The number of nitrogens with one attached hydrogen (secondary N) is 1. The van der Waals surface area contributed by atoms with Gasteiger partial charge in [-0.1, -0.05) is 25.0 Å². The van der Waals surface area contributed by atoms with E-state index in [0.29, 0.717) is 24.5 Å². The number of anilines is 1. The van der Waals surface area contributed by atoms with E-state index >= 15 is 0 Å². The minimum atomic E-state index is -3.70. The normalized spacial score (nSPS) is 11.2. The Bertz CT molecular complexity index is 962. The van der Waals surface area contributed by atoms with Crippen LogP contribution in [0.1, 0.15) is 55.7 Å². The molecule has 31 heavy (non-hydrogen) atoms. The summed E-state index contributed by atoms with van der Waals surface area (Å²) in [6, 6.07) is 10.7. The second-order valence-corrected chi connectivity index (χ2v) is 9.29. The minimum Gasteiger partial charge on any atom is -0.497 e. The summed E-state index contributed by atoms with van der Waals surface area (Å²) in [6.45, 7) is 5.93. The van der Waals surface area contributed by atoms with E-state index in [1.54, 1.807) is 32.2 Å². The smallest absolute Gasteiger partial charge is 0.305 e. The molecule has 1 N–H and O–H groups in total. The predicted octanol–water partition coefficient (Wildman–Crippen LogP) is 5.17. The molecule has 0 fully saturated rings. The third kappa shape index (κ3) is 7.58. The molecule has 0 aliphatic rings. The number of carbonyl (C=O) groups excluding carboxylic acids is 1. The third-order valence-corrected chi connectivity index (χ3v) is 6.44. The lowest BCUT2D eigenvalue weighted by molar-refractivity contribution is -0.143. The van der Waals surface area contributed by atoms with Gasteiger partial charge >= 0.3 is 5.97 Å². The summed E-state index contributed by atoms with van der Waals surface area (Å²) in [6.07, 6.45) is 4.95. The molecule has 2 aromatic rings. The second kappa shape index (κ2) is 11.7. The number of esters is 1. The molecule has 0 saturated carbocycles. The van der Waals surface area contributed by atoms with Gasteiger partial charge < -0.3 is 9.47 Å². The van der Waals surface area contributed by atoms with Crippen molar-refractivity contribution in [1.29, 1.82) is 0 Å².